The summed E-state index contributed by atoms with van der Waals surface area (Å²) in [6.07, 6.45) is 4.81. The summed E-state index contributed by atoms with van der Waals surface area (Å²) < 4.78 is 0. The van der Waals surface area contributed by atoms with Gasteiger partial charge in [0, 0.05) is 30.4 Å². The number of nitrogens with zero attached hydrogens (tertiary/aromatic N) is 1. The second kappa shape index (κ2) is 8.03. The molecule has 4 nitrogen and oxygen atoms in total. The molecule has 1 aliphatic rings. The SMILES string of the molecule is CCCNc1ccc(C(=O)NCC2CCCCN2C)cc1. The first-order chi connectivity index (χ1) is 10.2. The average Bonchev–Trinajstić information content (AvgIpc) is 2.52. The van der Waals surface area contributed by atoms with E-state index in [1.54, 1.807) is 0 Å². The molecule has 0 aromatic heterocycles. The van der Waals surface area contributed by atoms with Gasteiger partial charge in [-0.2, -0.15) is 0 Å². The molecule has 1 fully saturated rings. The number of likely N-dealkylation sites (tertiary alicyclic amines) is 1. The molecule has 116 valence electrons. The lowest BCUT2D eigenvalue weighted by Gasteiger charge is -2.32. The van der Waals surface area contributed by atoms with E-state index in [0.29, 0.717) is 6.04 Å². The molecule has 0 saturated carbocycles. The lowest BCUT2D eigenvalue weighted by molar-refractivity contribution is 0.0928. The van der Waals surface area contributed by atoms with Crippen molar-refractivity contribution in [3.8, 4) is 0 Å². The summed E-state index contributed by atoms with van der Waals surface area (Å²) in [4.78, 5) is 14.5. The Labute approximate surface area is 127 Å². The van der Waals surface area contributed by atoms with Crippen molar-refractivity contribution in [3.63, 3.8) is 0 Å². The fourth-order valence-corrected chi connectivity index (χ4v) is 2.72. The smallest absolute Gasteiger partial charge is 0.251 e. The van der Waals surface area contributed by atoms with Crippen molar-refractivity contribution in [3.05, 3.63) is 29.8 Å². The molecule has 1 unspecified atom stereocenters. The normalized spacial score (nSPS) is 19.2. The highest BCUT2D eigenvalue weighted by Crippen LogP contribution is 2.14. The third-order valence-electron chi connectivity index (χ3n) is 4.15. The van der Waals surface area contributed by atoms with Crippen LogP contribution in [-0.2, 0) is 0 Å². The topological polar surface area (TPSA) is 44.4 Å². The van der Waals surface area contributed by atoms with Crippen molar-refractivity contribution in [1.29, 1.82) is 0 Å². The van der Waals surface area contributed by atoms with Crippen molar-refractivity contribution in [1.82, 2.24) is 10.2 Å². The molecule has 1 atom stereocenters. The minimum atomic E-state index is 0.0241. The Morgan fingerprint density at radius 3 is 2.71 bits per heavy atom. The van der Waals surface area contributed by atoms with E-state index < -0.39 is 0 Å². The summed E-state index contributed by atoms with van der Waals surface area (Å²) in [5.74, 6) is 0.0241. The molecular weight excluding hydrogens is 262 g/mol. The summed E-state index contributed by atoms with van der Waals surface area (Å²) in [5, 5.41) is 6.37. The van der Waals surface area contributed by atoms with E-state index in [1.165, 1.54) is 19.3 Å². The van der Waals surface area contributed by atoms with E-state index in [-0.39, 0.29) is 5.91 Å². The zero-order chi connectivity index (χ0) is 15.1. The predicted molar refractivity (Wildman–Crippen MR) is 87.8 cm³/mol. The number of carbonyl (C=O) groups excluding carboxylic acids is 1. The number of benzene rings is 1. The van der Waals surface area contributed by atoms with Crippen LogP contribution >= 0.6 is 0 Å². The van der Waals surface area contributed by atoms with Gasteiger partial charge in [0.15, 0.2) is 0 Å². The molecule has 2 rings (SSSR count). The van der Waals surface area contributed by atoms with Gasteiger partial charge in [-0.3, -0.25) is 4.79 Å². The molecule has 21 heavy (non-hydrogen) atoms. The Morgan fingerprint density at radius 1 is 1.29 bits per heavy atom. The Morgan fingerprint density at radius 2 is 2.05 bits per heavy atom. The molecule has 1 aromatic carbocycles. The Kier molecular flexibility index (Phi) is 6.05. The number of amides is 1. The number of carbonyl (C=O) groups is 1. The van der Waals surface area contributed by atoms with Gasteiger partial charge in [0.25, 0.3) is 5.91 Å². The summed E-state index contributed by atoms with van der Waals surface area (Å²) >= 11 is 0. The molecule has 2 N–H and O–H groups in total. The summed E-state index contributed by atoms with van der Waals surface area (Å²) in [7, 11) is 2.14. The van der Waals surface area contributed by atoms with Gasteiger partial charge in [-0.15, -0.1) is 0 Å². The van der Waals surface area contributed by atoms with E-state index in [0.717, 1.165) is 37.3 Å². The maximum atomic E-state index is 12.2. The fraction of sp³-hybridized carbons (Fsp3) is 0.588. The van der Waals surface area contributed by atoms with Crippen molar-refractivity contribution in [2.45, 2.75) is 38.6 Å². The Hall–Kier alpha value is -1.55. The molecule has 4 heteroatoms. The molecule has 1 heterocycles. The van der Waals surface area contributed by atoms with Gasteiger partial charge in [-0.1, -0.05) is 13.3 Å². The molecule has 1 aliphatic heterocycles. The van der Waals surface area contributed by atoms with Gasteiger partial charge < -0.3 is 15.5 Å². The highest BCUT2D eigenvalue weighted by Gasteiger charge is 2.19. The van der Waals surface area contributed by atoms with E-state index in [4.69, 9.17) is 0 Å². The number of piperidine rings is 1. The number of nitrogens with one attached hydrogen (secondary N) is 2. The first-order valence-corrected chi connectivity index (χ1v) is 8.03. The molecular formula is C17H27N3O. The van der Waals surface area contributed by atoms with Crippen molar-refractivity contribution in [2.75, 3.05) is 32.0 Å². The summed E-state index contributed by atoms with van der Waals surface area (Å²) in [6.45, 7) is 4.97. The number of likely N-dealkylation sites (N-methyl/N-ethyl adjacent to an activating group) is 1. The Balaban J connectivity index is 1.82. The lowest BCUT2D eigenvalue weighted by Crippen LogP contribution is -2.44. The molecule has 0 spiro atoms. The summed E-state index contributed by atoms with van der Waals surface area (Å²) in [5.41, 5.74) is 1.80. The zero-order valence-electron chi connectivity index (χ0n) is 13.2. The average molecular weight is 289 g/mol. The lowest BCUT2D eigenvalue weighted by atomic mass is 10.0. The first-order valence-electron chi connectivity index (χ1n) is 8.03. The van der Waals surface area contributed by atoms with Gasteiger partial charge in [-0.05, 0) is 57.1 Å². The molecule has 0 bridgehead atoms. The number of anilines is 1. The third-order valence-corrected chi connectivity index (χ3v) is 4.15. The van der Waals surface area contributed by atoms with Gasteiger partial charge in [0.1, 0.15) is 0 Å². The number of hydrogen-bond acceptors (Lipinski definition) is 3. The maximum absolute atomic E-state index is 12.2. The molecule has 1 aromatic rings. The number of rotatable bonds is 6. The second-order valence-electron chi connectivity index (χ2n) is 5.84. The van der Waals surface area contributed by atoms with Crippen LogP contribution in [0, 0.1) is 0 Å². The summed E-state index contributed by atoms with van der Waals surface area (Å²) in [6, 6.07) is 8.19. The van der Waals surface area contributed by atoms with Gasteiger partial charge in [0.2, 0.25) is 0 Å². The van der Waals surface area contributed by atoms with E-state index >= 15 is 0 Å². The standard InChI is InChI=1S/C17H27N3O/c1-3-11-18-15-9-7-14(8-10-15)17(21)19-13-16-6-4-5-12-20(16)2/h7-10,16,18H,3-6,11-13H2,1-2H3,(H,19,21). The van der Waals surface area contributed by atoms with Crippen LogP contribution in [-0.4, -0.2) is 43.5 Å². The zero-order valence-corrected chi connectivity index (χ0v) is 13.2. The Bertz CT molecular complexity index is 444. The van der Waals surface area contributed by atoms with Crippen molar-refractivity contribution in [2.24, 2.45) is 0 Å². The van der Waals surface area contributed by atoms with E-state index in [9.17, 15) is 4.79 Å². The van der Waals surface area contributed by atoms with Crippen LogP contribution in [0.3, 0.4) is 0 Å². The monoisotopic (exact) mass is 289 g/mol. The van der Waals surface area contributed by atoms with Gasteiger partial charge in [-0.25, -0.2) is 0 Å². The van der Waals surface area contributed by atoms with Crippen LogP contribution < -0.4 is 10.6 Å². The first kappa shape index (κ1) is 15.8. The van der Waals surface area contributed by atoms with Gasteiger partial charge >= 0.3 is 0 Å². The molecule has 1 saturated heterocycles. The van der Waals surface area contributed by atoms with Gasteiger partial charge in [0.05, 0.1) is 0 Å². The fourth-order valence-electron chi connectivity index (χ4n) is 2.72. The maximum Gasteiger partial charge on any atom is 0.251 e. The van der Waals surface area contributed by atoms with Crippen LogP contribution in [0.5, 0.6) is 0 Å². The van der Waals surface area contributed by atoms with Crippen LogP contribution in [0.15, 0.2) is 24.3 Å². The quantitative estimate of drug-likeness (QED) is 0.846. The van der Waals surface area contributed by atoms with Crippen molar-refractivity contribution < 1.29 is 4.79 Å². The van der Waals surface area contributed by atoms with Crippen LogP contribution in [0.1, 0.15) is 43.0 Å². The van der Waals surface area contributed by atoms with Crippen LogP contribution in [0.2, 0.25) is 0 Å². The predicted octanol–water partition coefficient (Wildman–Crippen LogP) is 2.72. The largest absolute Gasteiger partial charge is 0.385 e. The number of hydrogen-bond donors (Lipinski definition) is 2. The molecule has 1 amide bonds. The van der Waals surface area contributed by atoms with E-state index in [1.807, 2.05) is 24.3 Å². The second-order valence-corrected chi connectivity index (χ2v) is 5.84. The molecule has 0 aliphatic carbocycles. The minimum absolute atomic E-state index is 0.0241. The highest BCUT2D eigenvalue weighted by molar-refractivity contribution is 5.94. The highest BCUT2D eigenvalue weighted by atomic mass is 16.1. The minimum Gasteiger partial charge on any atom is -0.385 e. The third kappa shape index (κ3) is 4.74. The van der Waals surface area contributed by atoms with Crippen LogP contribution in [0.25, 0.3) is 0 Å². The van der Waals surface area contributed by atoms with Crippen LogP contribution in [0.4, 0.5) is 5.69 Å². The molecule has 0 radical (unpaired) electrons. The van der Waals surface area contributed by atoms with E-state index in [2.05, 4.69) is 29.5 Å². The van der Waals surface area contributed by atoms with Crippen molar-refractivity contribution >= 4 is 11.6 Å².